The summed E-state index contributed by atoms with van der Waals surface area (Å²) in [6.07, 6.45) is 0.182. The minimum absolute atomic E-state index is 0.182. The summed E-state index contributed by atoms with van der Waals surface area (Å²) in [4.78, 5) is 29.4. The predicted molar refractivity (Wildman–Crippen MR) is 41.2 cm³/mol. The highest BCUT2D eigenvalue weighted by molar-refractivity contribution is 6.35. The number of carbonyl (C=O) groups excluding carboxylic acids is 1. The molecule has 0 aromatic heterocycles. The van der Waals surface area contributed by atoms with E-state index in [1.165, 1.54) is 0 Å². The normalized spacial score (nSPS) is 11.0. The summed E-state index contributed by atoms with van der Waals surface area (Å²) in [5.41, 5.74) is 0. The van der Waals surface area contributed by atoms with Gasteiger partial charge in [-0.15, -0.1) is 4.91 Å². The van der Waals surface area contributed by atoms with Crippen molar-refractivity contribution in [2.45, 2.75) is 20.3 Å². The molecule has 0 atom stereocenters. The molecular weight excluding hydrogens is 164 g/mol. The van der Waals surface area contributed by atoms with E-state index < -0.39 is 11.7 Å². The van der Waals surface area contributed by atoms with Crippen LogP contribution < -0.4 is 0 Å². The molecule has 0 bridgehead atoms. The van der Waals surface area contributed by atoms with Crippen LogP contribution in [0.5, 0.6) is 0 Å². The lowest BCUT2D eigenvalue weighted by Crippen LogP contribution is -2.16. The molecule has 6 nitrogen and oxygen atoms in total. The average molecular weight is 174 g/mol. The van der Waals surface area contributed by atoms with Crippen LogP contribution in [0.2, 0.25) is 0 Å². The molecule has 0 aliphatic rings. The maximum Gasteiger partial charge on any atom is 0.320 e. The first kappa shape index (κ1) is 10.7. The maximum atomic E-state index is 10.9. The van der Waals surface area contributed by atoms with Crippen molar-refractivity contribution < 1.29 is 14.6 Å². The van der Waals surface area contributed by atoms with Crippen LogP contribution >= 0.6 is 0 Å². The maximum absolute atomic E-state index is 10.9. The summed E-state index contributed by atoms with van der Waals surface area (Å²) in [7, 11) is 0. The van der Waals surface area contributed by atoms with E-state index in [1.807, 2.05) is 0 Å². The SMILES string of the molecule is CCOOC(=NN=O)C(=O)CC. The second-order valence-corrected chi connectivity index (χ2v) is 1.75. The standard InChI is InChI=1S/C6H10N2O4/c1-3-5(9)6(7-8-10)12-11-4-2/h3-4H2,1-2H3. The third-order valence-electron chi connectivity index (χ3n) is 0.947. The van der Waals surface area contributed by atoms with E-state index in [0.717, 1.165) is 0 Å². The number of nitroso groups, excluding NO2 is 1. The molecule has 0 amide bonds. The number of carbonyl (C=O) groups is 1. The minimum Gasteiger partial charge on any atom is -0.311 e. The van der Waals surface area contributed by atoms with E-state index in [1.54, 1.807) is 13.8 Å². The topological polar surface area (TPSA) is 77.3 Å². The van der Waals surface area contributed by atoms with Gasteiger partial charge in [-0.2, -0.15) is 4.89 Å². The molecule has 0 heterocycles. The van der Waals surface area contributed by atoms with Crippen LogP contribution in [-0.4, -0.2) is 18.3 Å². The molecule has 0 aromatic carbocycles. The molecule has 0 fully saturated rings. The molecule has 0 rings (SSSR count). The van der Waals surface area contributed by atoms with Gasteiger partial charge in [0.15, 0.2) is 0 Å². The molecule has 0 aliphatic carbocycles. The van der Waals surface area contributed by atoms with Crippen LogP contribution in [0, 0.1) is 4.91 Å². The summed E-state index contributed by atoms with van der Waals surface area (Å²) in [6.45, 7) is 3.54. The lowest BCUT2D eigenvalue weighted by atomic mass is 10.3. The van der Waals surface area contributed by atoms with Gasteiger partial charge in [-0.25, -0.2) is 0 Å². The van der Waals surface area contributed by atoms with E-state index in [0.29, 0.717) is 0 Å². The van der Waals surface area contributed by atoms with Gasteiger partial charge in [0.2, 0.25) is 5.78 Å². The molecule has 12 heavy (non-hydrogen) atoms. The van der Waals surface area contributed by atoms with Crippen LogP contribution in [-0.2, 0) is 14.6 Å². The van der Waals surface area contributed by atoms with Gasteiger partial charge in [-0.1, -0.05) is 12.0 Å². The Morgan fingerprint density at radius 1 is 1.42 bits per heavy atom. The number of hydrogen-bond donors (Lipinski definition) is 0. The monoisotopic (exact) mass is 174 g/mol. The molecule has 0 saturated heterocycles. The van der Waals surface area contributed by atoms with Crippen molar-refractivity contribution in [1.29, 1.82) is 0 Å². The number of rotatable bonds is 5. The summed E-state index contributed by atoms with van der Waals surface area (Å²) < 4.78 is 0. The number of hydrogen-bond acceptors (Lipinski definition) is 5. The van der Waals surface area contributed by atoms with Gasteiger partial charge in [0.25, 0.3) is 0 Å². The van der Waals surface area contributed by atoms with E-state index in [4.69, 9.17) is 0 Å². The molecular formula is C6H10N2O4. The highest BCUT2D eigenvalue weighted by Gasteiger charge is 2.12. The first-order valence-electron chi connectivity index (χ1n) is 3.49. The zero-order valence-corrected chi connectivity index (χ0v) is 6.94. The van der Waals surface area contributed by atoms with Gasteiger partial charge in [0, 0.05) is 6.42 Å². The summed E-state index contributed by atoms with van der Waals surface area (Å²) in [6, 6.07) is 0. The lowest BCUT2D eigenvalue weighted by molar-refractivity contribution is -0.218. The smallest absolute Gasteiger partial charge is 0.311 e. The van der Waals surface area contributed by atoms with E-state index in [9.17, 15) is 9.70 Å². The van der Waals surface area contributed by atoms with Crippen molar-refractivity contribution in [3.8, 4) is 0 Å². The Morgan fingerprint density at radius 3 is 2.50 bits per heavy atom. The molecule has 0 spiro atoms. The highest BCUT2D eigenvalue weighted by atomic mass is 17.2. The van der Waals surface area contributed by atoms with Crippen LogP contribution in [0.25, 0.3) is 0 Å². The third kappa shape index (κ3) is 3.77. The third-order valence-corrected chi connectivity index (χ3v) is 0.947. The quantitative estimate of drug-likeness (QED) is 0.205. The van der Waals surface area contributed by atoms with Gasteiger partial charge in [0.05, 0.1) is 11.9 Å². The zero-order chi connectivity index (χ0) is 9.40. The number of Topliss-reactive ketones (excluding diaryl/α,β-unsaturated/α-hetero) is 1. The molecule has 0 aliphatic heterocycles. The Hall–Kier alpha value is -1.30. The summed E-state index contributed by atoms with van der Waals surface area (Å²) >= 11 is 0. The van der Waals surface area contributed by atoms with Gasteiger partial charge in [-0.3, -0.25) is 4.79 Å². The van der Waals surface area contributed by atoms with E-state index in [-0.39, 0.29) is 13.0 Å². The minimum atomic E-state index is -0.428. The fourth-order valence-electron chi connectivity index (χ4n) is 0.422. The van der Waals surface area contributed by atoms with Crippen LogP contribution in [0.1, 0.15) is 20.3 Å². The predicted octanol–water partition coefficient (Wildman–Crippen LogP) is 1.01. The Morgan fingerprint density at radius 2 is 2.08 bits per heavy atom. The van der Waals surface area contributed by atoms with Gasteiger partial charge >= 0.3 is 5.90 Å². The Balaban J connectivity index is 4.13. The van der Waals surface area contributed by atoms with Gasteiger partial charge < -0.3 is 4.89 Å². The summed E-state index contributed by atoms with van der Waals surface area (Å²) in [5, 5.41) is 5.09. The number of nitrogens with zero attached hydrogens (tertiary/aromatic N) is 2. The van der Waals surface area contributed by atoms with Crippen molar-refractivity contribution in [1.82, 2.24) is 0 Å². The van der Waals surface area contributed by atoms with Crippen molar-refractivity contribution in [3.63, 3.8) is 0 Å². The second-order valence-electron chi connectivity index (χ2n) is 1.75. The summed E-state index contributed by atoms with van der Waals surface area (Å²) in [5.74, 6) is -0.836. The van der Waals surface area contributed by atoms with Gasteiger partial charge in [0.1, 0.15) is 0 Å². The van der Waals surface area contributed by atoms with Crippen LogP contribution in [0.15, 0.2) is 10.4 Å². The molecule has 68 valence electrons. The molecule has 0 N–H and O–H groups in total. The Kier molecular flexibility index (Phi) is 5.72. The fraction of sp³-hybridized carbons (Fsp3) is 0.667. The van der Waals surface area contributed by atoms with Gasteiger partial charge in [-0.05, 0) is 6.92 Å². The van der Waals surface area contributed by atoms with Crippen LogP contribution in [0.3, 0.4) is 0 Å². The average Bonchev–Trinajstić information content (AvgIpc) is 2.11. The van der Waals surface area contributed by atoms with E-state index in [2.05, 4.69) is 20.2 Å². The largest absolute Gasteiger partial charge is 0.320 e. The van der Waals surface area contributed by atoms with Crippen molar-refractivity contribution in [3.05, 3.63) is 4.91 Å². The molecule has 0 aromatic rings. The molecule has 0 radical (unpaired) electrons. The molecule has 6 heteroatoms. The van der Waals surface area contributed by atoms with E-state index >= 15 is 0 Å². The lowest BCUT2D eigenvalue weighted by Gasteiger charge is -2.00. The number of ketones is 1. The highest BCUT2D eigenvalue weighted by Crippen LogP contribution is 1.92. The first-order chi connectivity index (χ1) is 5.76. The van der Waals surface area contributed by atoms with Crippen molar-refractivity contribution in [2.75, 3.05) is 6.61 Å². The van der Waals surface area contributed by atoms with Crippen molar-refractivity contribution in [2.24, 2.45) is 10.4 Å². The van der Waals surface area contributed by atoms with Crippen LogP contribution in [0.4, 0.5) is 0 Å². The second kappa shape index (κ2) is 6.41. The Labute approximate surface area is 69.4 Å². The molecule has 0 saturated carbocycles. The van der Waals surface area contributed by atoms with Crippen molar-refractivity contribution >= 4 is 11.7 Å². The zero-order valence-electron chi connectivity index (χ0n) is 6.94. The Bertz CT molecular complexity index is 190. The molecule has 0 unspecified atom stereocenters. The fourth-order valence-corrected chi connectivity index (χ4v) is 0.422. The first-order valence-corrected chi connectivity index (χ1v) is 3.49.